The molecule has 4 heteroatoms. The van der Waals surface area contributed by atoms with E-state index in [4.69, 9.17) is 9.68 Å². The topological polar surface area (TPSA) is 69.8 Å². The summed E-state index contributed by atoms with van der Waals surface area (Å²) in [5.41, 5.74) is 2.09. The number of rotatable bonds is 1. The highest BCUT2D eigenvalue weighted by molar-refractivity contribution is 5.73. The summed E-state index contributed by atoms with van der Waals surface area (Å²) in [7, 11) is 0. The summed E-state index contributed by atoms with van der Waals surface area (Å²) < 4.78 is 4.99. The minimum atomic E-state index is -0.439. The lowest BCUT2D eigenvalue weighted by molar-refractivity contribution is 0.555. The van der Waals surface area contributed by atoms with Gasteiger partial charge >= 0.3 is 5.76 Å². The van der Waals surface area contributed by atoms with Crippen LogP contribution in [0.1, 0.15) is 24.8 Å². The van der Waals surface area contributed by atoms with Crippen molar-refractivity contribution in [2.75, 3.05) is 0 Å². The van der Waals surface area contributed by atoms with Gasteiger partial charge in [0.15, 0.2) is 5.58 Å². The van der Waals surface area contributed by atoms with Crippen LogP contribution in [0.25, 0.3) is 11.1 Å². The first-order chi connectivity index (χ1) is 7.62. The van der Waals surface area contributed by atoms with Crippen molar-refractivity contribution in [1.82, 2.24) is 4.98 Å². The second-order valence-corrected chi connectivity index (χ2v) is 4.56. The smallest absolute Gasteiger partial charge is 0.408 e. The molecule has 1 aliphatic carbocycles. The summed E-state index contributed by atoms with van der Waals surface area (Å²) >= 11 is 0. The number of nitriles is 1. The van der Waals surface area contributed by atoms with E-state index in [1.807, 2.05) is 25.1 Å². The number of aromatic amines is 1. The Bertz CT molecular complexity index is 661. The fourth-order valence-corrected chi connectivity index (χ4v) is 2.15. The Morgan fingerprint density at radius 3 is 3.12 bits per heavy atom. The van der Waals surface area contributed by atoms with Crippen molar-refractivity contribution in [3.63, 3.8) is 0 Å². The van der Waals surface area contributed by atoms with Gasteiger partial charge in [-0.3, -0.25) is 4.98 Å². The Morgan fingerprint density at radius 2 is 2.44 bits per heavy atom. The zero-order valence-corrected chi connectivity index (χ0v) is 8.78. The Morgan fingerprint density at radius 1 is 1.62 bits per heavy atom. The van der Waals surface area contributed by atoms with E-state index < -0.39 is 5.76 Å². The van der Waals surface area contributed by atoms with Crippen LogP contribution in [0, 0.1) is 16.7 Å². The predicted octanol–water partition coefficient (Wildman–Crippen LogP) is 2.14. The van der Waals surface area contributed by atoms with Gasteiger partial charge in [-0.25, -0.2) is 4.79 Å². The highest BCUT2D eigenvalue weighted by Gasteiger charge is 2.51. The molecule has 3 rings (SSSR count). The molecule has 0 radical (unpaired) electrons. The van der Waals surface area contributed by atoms with Crippen LogP contribution in [-0.4, -0.2) is 4.98 Å². The average Bonchev–Trinajstić information content (AvgIpc) is 2.81. The molecule has 1 saturated carbocycles. The SMILES string of the molecule is CC1(C#N)CC1c1ccc2[nH]c(=O)oc2c1. The number of oxazole rings is 1. The molecule has 2 unspecified atom stereocenters. The van der Waals surface area contributed by atoms with Gasteiger partial charge in [0.05, 0.1) is 17.0 Å². The first kappa shape index (κ1) is 9.22. The lowest BCUT2D eigenvalue weighted by Gasteiger charge is -2.00. The first-order valence-electron chi connectivity index (χ1n) is 5.16. The molecule has 1 aromatic heterocycles. The number of nitrogens with one attached hydrogen (secondary N) is 1. The maximum atomic E-state index is 11.0. The minimum Gasteiger partial charge on any atom is -0.408 e. The van der Waals surface area contributed by atoms with E-state index in [1.165, 1.54) is 0 Å². The monoisotopic (exact) mass is 214 g/mol. The molecule has 2 aromatic rings. The van der Waals surface area contributed by atoms with E-state index in [1.54, 1.807) is 0 Å². The van der Waals surface area contributed by atoms with Crippen molar-refractivity contribution < 1.29 is 4.42 Å². The van der Waals surface area contributed by atoms with Crippen molar-refractivity contribution in [2.45, 2.75) is 19.3 Å². The molecule has 80 valence electrons. The molecule has 2 atom stereocenters. The Hall–Kier alpha value is -2.02. The summed E-state index contributed by atoms with van der Waals surface area (Å²) in [6.07, 6.45) is 0.879. The quantitative estimate of drug-likeness (QED) is 0.790. The fraction of sp³-hybridized carbons (Fsp3) is 0.333. The van der Waals surface area contributed by atoms with Crippen molar-refractivity contribution >= 4 is 11.1 Å². The van der Waals surface area contributed by atoms with Crippen molar-refractivity contribution in [2.24, 2.45) is 5.41 Å². The highest BCUT2D eigenvalue weighted by atomic mass is 16.4. The summed E-state index contributed by atoms with van der Waals surface area (Å²) in [6.45, 7) is 1.95. The highest BCUT2D eigenvalue weighted by Crippen LogP contribution is 2.58. The molecular weight excluding hydrogens is 204 g/mol. The third-order valence-electron chi connectivity index (χ3n) is 3.34. The summed E-state index contributed by atoms with van der Waals surface area (Å²) in [5.74, 6) is -0.173. The average molecular weight is 214 g/mol. The second kappa shape index (κ2) is 2.76. The van der Waals surface area contributed by atoms with E-state index in [2.05, 4.69) is 11.1 Å². The van der Waals surface area contributed by atoms with Gasteiger partial charge in [0.2, 0.25) is 0 Å². The fourth-order valence-electron chi connectivity index (χ4n) is 2.15. The van der Waals surface area contributed by atoms with Crippen LogP contribution in [0.3, 0.4) is 0 Å². The largest absolute Gasteiger partial charge is 0.417 e. The van der Waals surface area contributed by atoms with Gasteiger partial charge in [-0.1, -0.05) is 6.07 Å². The molecule has 1 N–H and O–H groups in total. The molecule has 1 fully saturated rings. The molecule has 4 nitrogen and oxygen atoms in total. The van der Waals surface area contributed by atoms with E-state index in [9.17, 15) is 4.79 Å². The van der Waals surface area contributed by atoms with E-state index in [0.717, 1.165) is 12.0 Å². The normalized spacial score (nSPS) is 27.9. The van der Waals surface area contributed by atoms with Crippen molar-refractivity contribution in [3.05, 3.63) is 34.3 Å². The summed E-state index contributed by atoms with van der Waals surface area (Å²) in [4.78, 5) is 13.6. The molecule has 0 amide bonds. The first-order valence-corrected chi connectivity index (χ1v) is 5.16. The van der Waals surface area contributed by atoms with Gasteiger partial charge in [-0.15, -0.1) is 0 Å². The third-order valence-corrected chi connectivity index (χ3v) is 3.34. The lowest BCUT2D eigenvalue weighted by atomic mass is 10.0. The molecule has 0 bridgehead atoms. The Balaban J connectivity index is 2.07. The van der Waals surface area contributed by atoms with Gasteiger partial charge in [0, 0.05) is 5.92 Å². The maximum Gasteiger partial charge on any atom is 0.417 e. The van der Waals surface area contributed by atoms with Crippen LogP contribution in [0.4, 0.5) is 0 Å². The van der Waals surface area contributed by atoms with E-state index >= 15 is 0 Å². The number of hydrogen-bond acceptors (Lipinski definition) is 3. The number of fused-ring (bicyclic) bond motifs is 1. The standard InChI is InChI=1S/C12H10N2O2/c1-12(6-13)5-8(12)7-2-3-9-10(4-7)16-11(15)14-9/h2-4,8H,5H2,1H3,(H,14,15). The molecule has 1 aromatic carbocycles. The van der Waals surface area contributed by atoms with Crippen LogP contribution in [-0.2, 0) is 0 Å². The van der Waals surface area contributed by atoms with Gasteiger partial charge in [0.1, 0.15) is 0 Å². The number of H-pyrrole nitrogens is 1. The molecule has 1 heterocycles. The van der Waals surface area contributed by atoms with Crippen molar-refractivity contribution in [1.29, 1.82) is 5.26 Å². The molecule has 0 spiro atoms. The van der Waals surface area contributed by atoms with Crippen LogP contribution in [0.15, 0.2) is 27.4 Å². The Kier molecular flexibility index (Phi) is 1.59. The Labute approximate surface area is 91.5 Å². The number of aromatic nitrogens is 1. The molecule has 16 heavy (non-hydrogen) atoms. The van der Waals surface area contributed by atoms with Crippen LogP contribution < -0.4 is 5.76 Å². The number of hydrogen-bond donors (Lipinski definition) is 1. The molecule has 0 aliphatic heterocycles. The maximum absolute atomic E-state index is 11.0. The minimum absolute atomic E-state index is 0.246. The van der Waals surface area contributed by atoms with Crippen LogP contribution in [0.5, 0.6) is 0 Å². The zero-order valence-electron chi connectivity index (χ0n) is 8.78. The molecular formula is C12H10N2O2. The van der Waals surface area contributed by atoms with E-state index in [0.29, 0.717) is 11.1 Å². The zero-order chi connectivity index (χ0) is 11.3. The van der Waals surface area contributed by atoms with Gasteiger partial charge in [-0.05, 0) is 31.0 Å². The van der Waals surface area contributed by atoms with Gasteiger partial charge in [0.25, 0.3) is 0 Å². The van der Waals surface area contributed by atoms with Crippen LogP contribution in [0.2, 0.25) is 0 Å². The van der Waals surface area contributed by atoms with Gasteiger partial charge in [-0.2, -0.15) is 5.26 Å². The van der Waals surface area contributed by atoms with Crippen LogP contribution >= 0.6 is 0 Å². The van der Waals surface area contributed by atoms with E-state index in [-0.39, 0.29) is 11.3 Å². The number of nitrogens with zero attached hydrogens (tertiary/aromatic N) is 1. The lowest BCUT2D eigenvalue weighted by Crippen LogP contribution is -1.92. The number of benzene rings is 1. The summed E-state index contributed by atoms with van der Waals surface area (Å²) in [5, 5.41) is 8.98. The molecule has 0 saturated heterocycles. The van der Waals surface area contributed by atoms with Gasteiger partial charge < -0.3 is 4.42 Å². The second-order valence-electron chi connectivity index (χ2n) is 4.56. The third kappa shape index (κ3) is 1.18. The summed E-state index contributed by atoms with van der Waals surface area (Å²) in [6, 6.07) is 7.94. The van der Waals surface area contributed by atoms with Crippen molar-refractivity contribution in [3.8, 4) is 6.07 Å². The predicted molar refractivity (Wildman–Crippen MR) is 57.9 cm³/mol. The molecule has 1 aliphatic rings.